The summed E-state index contributed by atoms with van der Waals surface area (Å²) < 4.78 is 0. The zero-order chi connectivity index (χ0) is 10.7. The summed E-state index contributed by atoms with van der Waals surface area (Å²) in [6, 6.07) is 2.92. The summed E-state index contributed by atoms with van der Waals surface area (Å²) >= 11 is 0. The van der Waals surface area contributed by atoms with Crippen LogP contribution in [-0.4, -0.2) is 15.0 Å². The van der Waals surface area contributed by atoms with Gasteiger partial charge in [-0.15, -0.1) is 0 Å². The topological polar surface area (TPSA) is 76.3 Å². The molecule has 76 valence electrons. The molecule has 1 atom stereocenters. The van der Waals surface area contributed by atoms with Crippen molar-refractivity contribution in [3.05, 3.63) is 27.9 Å². The quantitative estimate of drug-likeness (QED) is 0.594. The fourth-order valence-corrected chi connectivity index (χ4v) is 1.07. The molecular weight excluding hydrogens is 184 g/mol. The summed E-state index contributed by atoms with van der Waals surface area (Å²) in [6.45, 7) is 3.91. The Morgan fingerprint density at radius 2 is 2.29 bits per heavy atom. The first kappa shape index (κ1) is 10.4. The molecule has 0 aliphatic heterocycles. The number of pyridine rings is 1. The molecule has 5 heteroatoms. The summed E-state index contributed by atoms with van der Waals surface area (Å²) in [5.41, 5.74) is 0.636. The number of rotatable bonds is 3. The molecule has 1 N–H and O–H groups in total. The van der Waals surface area contributed by atoms with Crippen LogP contribution in [0.4, 0.5) is 5.82 Å². The van der Waals surface area contributed by atoms with Crippen LogP contribution >= 0.6 is 0 Å². The van der Waals surface area contributed by atoms with Gasteiger partial charge >= 0.3 is 5.82 Å². The van der Waals surface area contributed by atoms with Gasteiger partial charge in [0.05, 0.1) is 0 Å². The van der Waals surface area contributed by atoms with E-state index in [0.717, 1.165) is 6.42 Å². The van der Waals surface area contributed by atoms with Crippen LogP contribution in [0.1, 0.15) is 31.9 Å². The van der Waals surface area contributed by atoms with Crippen molar-refractivity contribution < 1.29 is 10.0 Å². The molecule has 1 rings (SSSR count). The Morgan fingerprint density at radius 1 is 1.64 bits per heavy atom. The molecule has 5 nitrogen and oxygen atoms in total. The second-order valence-corrected chi connectivity index (χ2v) is 3.15. The SMILES string of the molecule is CCC(C)c1ccc(O)c([N+](=O)[O-])n1. The molecule has 0 saturated heterocycles. The normalized spacial score (nSPS) is 12.4. The maximum absolute atomic E-state index is 10.5. The Balaban J connectivity index is 3.12. The molecule has 0 aromatic carbocycles. The molecule has 14 heavy (non-hydrogen) atoms. The van der Waals surface area contributed by atoms with Crippen molar-refractivity contribution in [3.8, 4) is 5.75 Å². The van der Waals surface area contributed by atoms with E-state index in [4.69, 9.17) is 5.11 Å². The molecule has 0 spiro atoms. The van der Waals surface area contributed by atoms with Gasteiger partial charge in [0.25, 0.3) is 0 Å². The average Bonchev–Trinajstić information content (AvgIpc) is 2.17. The van der Waals surface area contributed by atoms with E-state index in [1.165, 1.54) is 6.07 Å². The number of nitro groups is 1. The van der Waals surface area contributed by atoms with Gasteiger partial charge in [0.15, 0.2) is 5.69 Å². The third kappa shape index (κ3) is 1.99. The number of nitrogens with zero attached hydrogens (tertiary/aromatic N) is 2. The Kier molecular flexibility index (Phi) is 3.01. The number of hydrogen-bond donors (Lipinski definition) is 1. The Hall–Kier alpha value is -1.65. The van der Waals surface area contributed by atoms with E-state index in [0.29, 0.717) is 5.69 Å². The van der Waals surface area contributed by atoms with Crippen molar-refractivity contribution in [2.45, 2.75) is 26.2 Å². The van der Waals surface area contributed by atoms with Crippen LogP contribution in [0.3, 0.4) is 0 Å². The highest BCUT2D eigenvalue weighted by Crippen LogP contribution is 2.26. The second kappa shape index (κ2) is 4.04. The molecule has 1 aromatic rings. The monoisotopic (exact) mass is 196 g/mol. The predicted octanol–water partition coefficient (Wildman–Crippen LogP) is 2.21. The van der Waals surface area contributed by atoms with Crippen molar-refractivity contribution in [2.75, 3.05) is 0 Å². The molecule has 0 fully saturated rings. The molecule has 1 unspecified atom stereocenters. The van der Waals surface area contributed by atoms with Crippen LogP contribution in [0.2, 0.25) is 0 Å². The highest BCUT2D eigenvalue weighted by Gasteiger charge is 2.19. The van der Waals surface area contributed by atoms with Crippen molar-refractivity contribution >= 4 is 5.82 Å². The van der Waals surface area contributed by atoms with E-state index in [2.05, 4.69) is 4.98 Å². The minimum atomic E-state index is -0.679. The van der Waals surface area contributed by atoms with Gasteiger partial charge in [0.1, 0.15) is 0 Å². The Morgan fingerprint density at radius 3 is 2.79 bits per heavy atom. The van der Waals surface area contributed by atoms with Gasteiger partial charge < -0.3 is 15.2 Å². The maximum atomic E-state index is 10.5. The minimum absolute atomic E-state index is 0.161. The highest BCUT2D eigenvalue weighted by molar-refractivity contribution is 5.39. The van der Waals surface area contributed by atoms with Gasteiger partial charge in [-0.05, 0) is 28.5 Å². The van der Waals surface area contributed by atoms with Crippen LogP contribution in [0.5, 0.6) is 5.75 Å². The minimum Gasteiger partial charge on any atom is -0.501 e. The summed E-state index contributed by atoms with van der Waals surface area (Å²) in [5, 5.41) is 19.6. The molecule has 1 heterocycles. The lowest BCUT2D eigenvalue weighted by Gasteiger charge is -2.03. The molecule has 1 aromatic heterocycles. The summed E-state index contributed by atoms with van der Waals surface area (Å²) in [4.78, 5) is 13.6. The third-order valence-corrected chi connectivity index (χ3v) is 2.17. The van der Waals surface area contributed by atoms with Gasteiger partial charge in [0, 0.05) is 5.92 Å². The van der Waals surface area contributed by atoms with Crippen LogP contribution < -0.4 is 0 Å². The first-order valence-electron chi connectivity index (χ1n) is 4.40. The van der Waals surface area contributed by atoms with Crippen LogP contribution in [0.25, 0.3) is 0 Å². The fraction of sp³-hybridized carbons (Fsp3) is 0.444. The molecule has 0 aliphatic carbocycles. The number of aromatic hydroxyl groups is 1. The van der Waals surface area contributed by atoms with E-state index in [-0.39, 0.29) is 11.7 Å². The lowest BCUT2D eigenvalue weighted by Crippen LogP contribution is -1.99. The van der Waals surface area contributed by atoms with Gasteiger partial charge in [-0.25, -0.2) is 0 Å². The summed E-state index contributed by atoms with van der Waals surface area (Å²) in [5.74, 6) is -0.695. The van der Waals surface area contributed by atoms with Crippen LogP contribution in [-0.2, 0) is 0 Å². The lowest BCUT2D eigenvalue weighted by molar-refractivity contribution is -0.390. The number of hydrogen-bond acceptors (Lipinski definition) is 4. The van der Waals surface area contributed by atoms with E-state index >= 15 is 0 Å². The molecule has 0 radical (unpaired) electrons. The highest BCUT2D eigenvalue weighted by atomic mass is 16.6. The molecule has 0 saturated carbocycles. The maximum Gasteiger partial charge on any atom is 0.406 e. The number of aromatic nitrogens is 1. The predicted molar refractivity (Wildman–Crippen MR) is 51.3 cm³/mol. The largest absolute Gasteiger partial charge is 0.501 e. The zero-order valence-corrected chi connectivity index (χ0v) is 8.10. The zero-order valence-electron chi connectivity index (χ0n) is 8.10. The molecular formula is C9H12N2O3. The lowest BCUT2D eigenvalue weighted by atomic mass is 10.0. The van der Waals surface area contributed by atoms with Crippen molar-refractivity contribution in [2.24, 2.45) is 0 Å². The van der Waals surface area contributed by atoms with Crippen LogP contribution in [0.15, 0.2) is 12.1 Å². The van der Waals surface area contributed by atoms with Crippen molar-refractivity contribution in [1.82, 2.24) is 4.98 Å². The smallest absolute Gasteiger partial charge is 0.406 e. The van der Waals surface area contributed by atoms with E-state index in [1.807, 2.05) is 13.8 Å². The first-order chi connectivity index (χ1) is 6.56. The van der Waals surface area contributed by atoms with E-state index in [9.17, 15) is 10.1 Å². The summed E-state index contributed by atoms with van der Waals surface area (Å²) in [7, 11) is 0. The summed E-state index contributed by atoms with van der Waals surface area (Å²) in [6.07, 6.45) is 0.856. The van der Waals surface area contributed by atoms with Crippen molar-refractivity contribution in [1.29, 1.82) is 0 Å². The average molecular weight is 196 g/mol. The molecule has 0 aliphatic rings. The second-order valence-electron chi connectivity index (χ2n) is 3.15. The first-order valence-corrected chi connectivity index (χ1v) is 4.40. The Bertz CT molecular complexity index is 352. The van der Waals surface area contributed by atoms with Crippen LogP contribution in [0, 0.1) is 10.1 Å². The van der Waals surface area contributed by atoms with E-state index in [1.54, 1.807) is 6.07 Å². The van der Waals surface area contributed by atoms with Crippen molar-refractivity contribution in [3.63, 3.8) is 0 Å². The van der Waals surface area contributed by atoms with Gasteiger partial charge in [-0.1, -0.05) is 13.8 Å². The Labute approximate surface area is 81.6 Å². The molecule has 0 bridgehead atoms. The fourth-order valence-electron chi connectivity index (χ4n) is 1.07. The van der Waals surface area contributed by atoms with E-state index < -0.39 is 10.7 Å². The van der Waals surface area contributed by atoms with Gasteiger partial charge in [0.2, 0.25) is 5.75 Å². The molecule has 0 amide bonds. The standard InChI is InChI=1S/C9H12N2O3/c1-3-6(2)7-4-5-8(12)9(10-7)11(13)14/h4-6,12H,3H2,1-2H3. The third-order valence-electron chi connectivity index (χ3n) is 2.17. The van der Waals surface area contributed by atoms with Gasteiger partial charge in [-0.3, -0.25) is 0 Å². The van der Waals surface area contributed by atoms with Gasteiger partial charge in [-0.2, -0.15) is 0 Å².